The minimum Gasteiger partial charge on any atom is -0.279 e. The van der Waals surface area contributed by atoms with Gasteiger partial charge in [-0.1, -0.05) is 121 Å². The minimum atomic E-state index is 0.827. The lowest BCUT2D eigenvalue weighted by molar-refractivity contribution is 0.980. The molecule has 0 aliphatic carbocycles. The molecule has 0 aliphatic heterocycles. The molecule has 4 nitrogen and oxygen atoms in total. The Hall–Kier alpha value is -7.04. The maximum absolute atomic E-state index is 5.42. The van der Waals surface area contributed by atoms with Gasteiger partial charge in [-0.2, -0.15) is 0 Å². The molecule has 3 aromatic heterocycles. The van der Waals surface area contributed by atoms with Gasteiger partial charge in [0.2, 0.25) is 5.95 Å². The second-order valence-electron chi connectivity index (χ2n) is 13.8. The highest BCUT2D eigenvalue weighted by Gasteiger charge is 2.22. The second kappa shape index (κ2) is 10.3. The van der Waals surface area contributed by atoms with Crippen molar-refractivity contribution in [3.8, 4) is 17.1 Å². The Balaban J connectivity index is 1.24. The predicted octanol–water partition coefficient (Wildman–Crippen LogP) is 12.4. The van der Waals surface area contributed by atoms with E-state index in [9.17, 15) is 0 Å². The Morgan fingerprint density at radius 3 is 1.87 bits per heavy atom. The third kappa shape index (κ3) is 3.70. The zero-order chi connectivity index (χ0) is 33.9. The monoisotopic (exact) mass is 660 g/mol. The Morgan fingerprint density at radius 1 is 0.365 bits per heavy atom. The summed E-state index contributed by atoms with van der Waals surface area (Å²) in [5, 5.41) is 13.5. The van der Waals surface area contributed by atoms with Crippen molar-refractivity contribution in [2.45, 2.75) is 0 Å². The molecule has 0 amide bonds. The first-order valence-corrected chi connectivity index (χ1v) is 17.8. The number of aromatic nitrogens is 4. The maximum Gasteiger partial charge on any atom is 0.221 e. The van der Waals surface area contributed by atoms with Gasteiger partial charge in [0.15, 0.2) is 0 Å². The fraction of sp³-hybridized carbons (Fsp3) is 0. The Kier molecular flexibility index (Phi) is 5.47. The van der Waals surface area contributed by atoms with Crippen LogP contribution in [0.3, 0.4) is 0 Å². The molecule has 12 aromatic rings. The highest BCUT2D eigenvalue weighted by molar-refractivity contribution is 6.24. The molecule has 240 valence electrons. The van der Waals surface area contributed by atoms with Gasteiger partial charge < -0.3 is 0 Å². The summed E-state index contributed by atoms with van der Waals surface area (Å²) in [6.07, 6.45) is 0. The van der Waals surface area contributed by atoms with Gasteiger partial charge in [0.05, 0.1) is 27.6 Å². The lowest BCUT2D eigenvalue weighted by Gasteiger charge is -2.14. The molecule has 0 fully saturated rings. The topological polar surface area (TPSA) is 35.1 Å². The largest absolute Gasteiger partial charge is 0.279 e. The lowest BCUT2D eigenvalue weighted by Crippen LogP contribution is -2.06. The minimum absolute atomic E-state index is 0.827. The van der Waals surface area contributed by atoms with Crippen molar-refractivity contribution in [1.29, 1.82) is 0 Å². The molecule has 0 radical (unpaired) electrons. The van der Waals surface area contributed by atoms with Crippen LogP contribution in [0, 0.1) is 0 Å². The molecule has 0 atom stereocenters. The van der Waals surface area contributed by atoms with Crippen molar-refractivity contribution in [1.82, 2.24) is 18.9 Å². The number of para-hydroxylation sites is 3. The molecular weight excluding hydrogens is 633 g/mol. The summed E-state index contributed by atoms with van der Waals surface area (Å²) >= 11 is 0. The van der Waals surface area contributed by atoms with E-state index in [2.05, 4.69) is 179 Å². The summed E-state index contributed by atoms with van der Waals surface area (Å²) < 4.78 is 4.59. The van der Waals surface area contributed by atoms with Crippen LogP contribution in [0.15, 0.2) is 170 Å². The second-order valence-corrected chi connectivity index (χ2v) is 13.8. The van der Waals surface area contributed by atoms with Crippen molar-refractivity contribution in [2.24, 2.45) is 0 Å². The van der Waals surface area contributed by atoms with Crippen molar-refractivity contribution in [2.75, 3.05) is 0 Å². The van der Waals surface area contributed by atoms with Crippen LogP contribution in [0.2, 0.25) is 0 Å². The van der Waals surface area contributed by atoms with Crippen LogP contribution < -0.4 is 0 Å². The molecule has 0 bridgehead atoms. The maximum atomic E-state index is 5.42. The molecule has 3 heterocycles. The van der Waals surface area contributed by atoms with Crippen LogP contribution in [0.5, 0.6) is 0 Å². The summed E-state index contributed by atoms with van der Waals surface area (Å²) in [6.45, 7) is 0. The van der Waals surface area contributed by atoms with Gasteiger partial charge in [-0.25, -0.2) is 9.97 Å². The van der Waals surface area contributed by atoms with E-state index in [1.807, 2.05) is 0 Å². The molecule has 4 heteroatoms. The first kappa shape index (κ1) is 27.7. The quantitative estimate of drug-likeness (QED) is 0.173. The summed E-state index contributed by atoms with van der Waals surface area (Å²) in [5.74, 6) is 0.827. The Morgan fingerprint density at radius 2 is 1.00 bits per heavy atom. The van der Waals surface area contributed by atoms with Crippen LogP contribution in [0.1, 0.15) is 0 Å². The van der Waals surface area contributed by atoms with Crippen LogP contribution in [0.25, 0.3) is 110 Å². The molecule has 0 saturated carbocycles. The van der Waals surface area contributed by atoms with E-state index in [1.165, 1.54) is 65.0 Å². The molecule has 0 aliphatic rings. The third-order valence-corrected chi connectivity index (χ3v) is 11.1. The molecule has 0 unspecified atom stereocenters. The van der Waals surface area contributed by atoms with E-state index in [-0.39, 0.29) is 0 Å². The van der Waals surface area contributed by atoms with Crippen LogP contribution in [-0.2, 0) is 0 Å². The van der Waals surface area contributed by atoms with Crippen molar-refractivity contribution < 1.29 is 0 Å². The van der Waals surface area contributed by atoms with Crippen molar-refractivity contribution >= 4 is 92.5 Å². The van der Waals surface area contributed by atoms with Crippen molar-refractivity contribution in [3.63, 3.8) is 0 Å². The number of nitrogens with zero attached hydrogens (tertiary/aromatic N) is 4. The molecule has 9 aromatic carbocycles. The van der Waals surface area contributed by atoms with Gasteiger partial charge in [-0.3, -0.25) is 8.97 Å². The van der Waals surface area contributed by atoms with Crippen LogP contribution >= 0.6 is 0 Å². The van der Waals surface area contributed by atoms with E-state index >= 15 is 0 Å². The number of benzene rings is 9. The van der Waals surface area contributed by atoms with Gasteiger partial charge >= 0.3 is 0 Å². The molecule has 0 saturated heterocycles. The highest BCUT2D eigenvalue weighted by atomic mass is 15.2. The van der Waals surface area contributed by atoms with E-state index in [0.29, 0.717) is 0 Å². The van der Waals surface area contributed by atoms with E-state index in [0.717, 1.165) is 44.6 Å². The smallest absolute Gasteiger partial charge is 0.221 e. The van der Waals surface area contributed by atoms with E-state index < -0.39 is 0 Å². The fourth-order valence-corrected chi connectivity index (χ4v) is 8.75. The fourth-order valence-electron chi connectivity index (χ4n) is 8.75. The zero-order valence-electron chi connectivity index (χ0n) is 28.0. The third-order valence-electron chi connectivity index (χ3n) is 11.1. The number of imidazole rings is 1. The number of hydrogen-bond acceptors (Lipinski definition) is 2. The van der Waals surface area contributed by atoms with Gasteiger partial charge in [0, 0.05) is 16.2 Å². The average molecular weight is 661 g/mol. The first-order valence-electron chi connectivity index (χ1n) is 17.8. The standard InChI is InChI=1S/C48H28N4/c1-3-13-32-29(11-1)21-24-36-34-15-5-6-16-35(34)38(28-39(32)36)31-23-25-43-40(27-31)46-33-14-4-2-12-30(33)22-26-45(46)51(43)48-50-41-18-8-7-17-37(41)47-49-42-19-9-10-20-44(42)52(47)48/h1-28H. The Labute approximate surface area is 297 Å². The van der Waals surface area contributed by atoms with Crippen LogP contribution in [0.4, 0.5) is 0 Å². The predicted molar refractivity (Wildman–Crippen MR) is 218 cm³/mol. The van der Waals surface area contributed by atoms with E-state index in [1.54, 1.807) is 0 Å². The molecule has 52 heavy (non-hydrogen) atoms. The summed E-state index contributed by atoms with van der Waals surface area (Å²) in [6, 6.07) is 61.4. The van der Waals surface area contributed by atoms with E-state index in [4.69, 9.17) is 9.97 Å². The first-order chi connectivity index (χ1) is 25.8. The molecule has 12 rings (SSSR count). The SMILES string of the molecule is c1ccc2c(c1)ccc1c3ccccc3c(-c3ccc4c(c3)c3c5ccccc5ccc3n4-c3nc4ccccc4c4nc5ccccc5n34)cc21. The average Bonchev–Trinajstić information content (AvgIpc) is 3.77. The van der Waals surface area contributed by atoms with Crippen LogP contribution in [-0.4, -0.2) is 18.9 Å². The van der Waals surface area contributed by atoms with Crippen molar-refractivity contribution in [3.05, 3.63) is 170 Å². The normalized spacial score (nSPS) is 12.2. The molecule has 0 spiro atoms. The number of fused-ring (bicyclic) bond motifs is 15. The lowest BCUT2D eigenvalue weighted by atomic mass is 9.90. The van der Waals surface area contributed by atoms with Gasteiger partial charge in [-0.15, -0.1) is 0 Å². The summed E-state index contributed by atoms with van der Waals surface area (Å²) in [4.78, 5) is 10.6. The summed E-state index contributed by atoms with van der Waals surface area (Å²) in [5.41, 5.74) is 8.45. The number of rotatable bonds is 2. The number of hydrogen-bond donors (Lipinski definition) is 0. The highest BCUT2D eigenvalue weighted by Crippen LogP contribution is 2.42. The van der Waals surface area contributed by atoms with Gasteiger partial charge in [0.1, 0.15) is 5.65 Å². The summed E-state index contributed by atoms with van der Waals surface area (Å²) in [7, 11) is 0. The van der Waals surface area contributed by atoms with Gasteiger partial charge in [0.25, 0.3) is 0 Å². The molecular formula is C48H28N4. The zero-order valence-corrected chi connectivity index (χ0v) is 28.0. The Bertz CT molecular complexity index is 3480. The van der Waals surface area contributed by atoms with Gasteiger partial charge in [-0.05, 0) is 103 Å². The molecule has 0 N–H and O–H groups in total.